The number of halogens is 1. The number of hydrogen-bond donors (Lipinski definition) is 3. The minimum absolute atomic E-state index is 0. The Morgan fingerprint density at radius 3 is 2.38 bits per heavy atom. The summed E-state index contributed by atoms with van der Waals surface area (Å²) in [5.41, 5.74) is 7.66. The summed E-state index contributed by atoms with van der Waals surface area (Å²) in [7, 11) is 0. The van der Waals surface area contributed by atoms with E-state index in [-0.39, 0.29) is 30.3 Å². The normalized spacial score (nSPS) is 10.2. The van der Waals surface area contributed by atoms with Crippen molar-refractivity contribution in [3.05, 3.63) is 29.3 Å². The minimum atomic E-state index is -0.0877. The van der Waals surface area contributed by atoms with Gasteiger partial charge in [0.25, 0.3) is 5.91 Å². The van der Waals surface area contributed by atoms with Crippen LogP contribution in [0.25, 0.3) is 0 Å². The van der Waals surface area contributed by atoms with Crippen LogP contribution in [0.1, 0.15) is 61.9 Å². The number of benzene rings is 1. The number of carbonyl (C=O) groups is 2. The van der Waals surface area contributed by atoms with E-state index in [1.807, 2.05) is 26.8 Å². The molecular formula is C18H30ClN3O2. The van der Waals surface area contributed by atoms with Crippen LogP contribution in [0.4, 0.5) is 5.69 Å². The average molecular weight is 356 g/mol. The maximum atomic E-state index is 12.0. The molecule has 0 heterocycles. The Balaban J connectivity index is 0.00000529. The number of carbonyl (C=O) groups excluding carboxylic acids is 2. The molecule has 1 rings (SSSR count). The lowest BCUT2D eigenvalue weighted by atomic mass is 10.1. The molecule has 1 aromatic rings. The van der Waals surface area contributed by atoms with E-state index in [1.165, 1.54) is 0 Å². The van der Waals surface area contributed by atoms with Crippen LogP contribution in [0.15, 0.2) is 18.2 Å². The van der Waals surface area contributed by atoms with E-state index in [0.717, 1.165) is 36.9 Å². The Bertz CT molecular complexity index is 533. The van der Waals surface area contributed by atoms with E-state index in [1.54, 1.807) is 12.1 Å². The quantitative estimate of drug-likeness (QED) is 0.593. The zero-order valence-corrected chi connectivity index (χ0v) is 15.7. The molecule has 6 heteroatoms. The molecule has 0 unspecified atom stereocenters. The van der Waals surface area contributed by atoms with Crippen molar-refractivity contribution in [2.45, 2.75) is 58.9 Å². The van der Waals surface area contributed by atoms with E-state index in [4.69, 9.17) is 5.73 Å². The van der Waals surface area contributed by atoms with Gasteiger partial charge in [-0.3, -0.25) is 9.59 Å². The van der Waals surface area contributed by atoms with Crippen molar-refractivity contribution in [1.82, 2.24) is 5.32 Å². The largest absolute Gasteiger partial charge is 0.350 e. The summed E-state index contributed by atoms with van der Waals surface area (Å²) in [6, 6.07) is 5.46. The number of hydrogen-bond acceptors (Lipinski definition) is 3. The SMILES string of the molecule is Cc1cc(NC(=O)CCCCCCN)ccc1C(=O)NC(C)C.Cl. The first-order valence-electron chi connectivity index (χ1n) is 8.35. The van der Waals surface area contributed by atoms with Crippen LogP contribution in [-0.4, -0.2) is 24.4 Å². The van der Waals surface area contributed by atoms with Crippen molar-refractivity contribution in [1.29, 1.82) is 0 Å². The molecule has 136 valence electrons. The number of anilines is 1. The summed E-state index contributed by atoms with van der Waals surface area (Å²) >= 11 is 0. The predicted molar refractivity (Wildman–Crippen MR) is 102 cm³/mol. The summed E-state index contributed by atoms with van der Waals surface area (Å²) in [6.07, 6.45) is 4.50. The van der Waals surface area contributed by atoms with Gasteiger partial charge in [0.1, 0.15) is 0 Å². The standard InChI is InChI=1S/C18H29N3O2.ClH/c1-13(2)20-18(23)16-10-9-15(12-14(16)3)21-17(22)8-6-4-5-7-11-19;/h9-10,12-13H,4-8,11,19H2,1-3H3,(H,20,23)(H,21,22);1H. The molecular weight excluding hydrogens is 326 g/mol. The van der Waals surface area contributed by atoms with Crippen LogP contribution in [0.2, 0.25) is 0 Å². The molecule has 0 atom stereocenters. The zero-order chi connectivity index (χ0) is 17.2. The van der Waals surface area contributed by atoms with Gasteiger partial charge in [-0.15, -0.1) is 12.4 Å². The van der Waals surface area contributed by atoms with Gasteiger partial charge in [-0.2, -0.15) is 0 Å². The third-order valence-corrected chi connectivity index (χ3v) is 3.53. The van der Waals surface area contributed by atoms with Crippen molar-refractivity contribution < 1.29 is 9.59 Å². The monoisotopic (exact) mass is 355 g/mol. The third kappa shape index (κ3) is 8.31. The van der Waals surface area contributed by atoms with Crippen molar-refractivity contribution in [2.75, 3.05) is 11.9 Å². The molecule has 5 nitrogen and oxygen atoms in total. The second kappa shape index (κ2) is 11.9. The van der Waals surface area contributed by atoms with Crippen LogP contribution in [0.5, 0.6) is 0 Å². The van der Waals surface area contributed by atoms with Crippen molar-refractivity contribution in [2.24, 2.45) is 5.73 Å². The second-order valence-electron chi connectivity index (χ2n) is 6.16. The van der Waals surface area contributed by atoms with Crippen LogP contribution < -0.4 is 16.4 Å². The van der Waals surface area contributed by atoms with Crippen LogP contribution in [-0.2, 0) is 4.79 Å². The summed E-state index contributed by atoms with van der Waals surface area (Å²) < 4.78 is 0. The molecule has 0 bridgehead atoms. The van der Waals surface area contributed by atoms with E-state index in [2.05, 4.69) is 10.6 Å². The van der Waals surface area contributed by atoms with Crippen LogP contribution in [0, 0.1) is 6.92 Å². The van der Waals surface area contributed by atoms with Gasteiger partial charge in [0.2, 0.25) is 5.91 Å². The average Bonchev–Trinajstić information content (AvgIpc) is 2.46. The smallest absolute Gasteiger partial charge is 0.251 e. The maximum Gasteiger partial charge on any atom is 0.251 e. The number of unbranched alkanes of at least 4 members (excludes halogenated alkanes) is 3. The van der Waals surface area contributed by atoms with Gasteiger partial charge < -0.3 is 16.4 Å². The molecule has 0 spiro atoms. The van der Waals surface area contributed by atoms with Gasteiger partial charge in [0.05, 0.1) is 0 Å². The van der Waals surface area contributed by atoms with Crippen molar-refractivity contribution in [3.8, 4) is 0 Å². The first-order valence-corrected chi connectivity index (χ1v) is 8.35. The molecule has 0 saturated heterocycles. The summed E-state index contributed by atoms with van der Waals surface area (Å²) in [5, 5.41) is 5.75. The number of rotatable bonds is 9. The van der Waals surface area contributed by atoms with Gasteiger partial charge in [-0.25, -0.2) is 0 Å². The lowest BCUT2D eigenvalue weighted by Gasteiger charge is -2.12. The van der Waals surface area contributed by atoms with E-state index >= 15 is 0 Å². The number of nitrogens with one attached hydrogen (secondary N) is 2. The summed E-state index contributed by atoms with van der Waals surface area (Å²) in [5.74, 6) is -0.0770. The fraction of sp³-hybridized carbons (Fsp3) is 0.556. The van der Waals surface area contributed by atoms with Crippen LogP contribution in [0.3, 0.4) is 0 Å². The lowest BCUT2D eigenvalue weighted by molar-refractivity contribution is -0.116. The first kappa shape index (κ1) is 22.4. The third-order valence-electron chi connectivity index (χ3n) is 3.53. The van der Waals surface area contributed by atoms with Crippen LogP contribution >= 0.6 is 12.4 Å². The molecule has 0 aliphatic heterocycles. The van der Waals surface area contributed by atoms with Gasteiger partial charge in [-0.05, 0) is 63.9 Å². The Morgan fingerprint density at radius 2 is 1.79 bits per heavy atom. The Morgan fingerprint density at radius 1 is 1.12 bits per heavy atom. The second-order valence-corrected chi connectivity index (χ2v) is 6.16. The highest BCUT2D eigenvalue weighted by Crippen LogP contribution is 2.16. The van der Waals surface area contributed by atoms with E-state index < -0.39 is 0 Å². The van der Waals surface area contributed by atoms with E-state index in [0.29, 0.717) is 18.5 Å². The molecule has 0 aliphatic carbocycles. The number of amides is 2. The van der Waals surface area contributed by atoms with Gasteiger partial charge in [0.15, 0.2) is 0 Å². The molecule has 1 aromatic carbocycles. The summed E-state index contributed by atoms with van der Waals surface area (Å²) in [6.45, 7) is 6.44. The molecule has 0 aromatic heterocycles. The first-order chi connectivity index (χ1) is 10.9. The Hall–Kier alpha value is -1.59. The number of aryl methyl sites for hydroxylation is 1. The molecule has 0 saturated carbocycles. The molecule has 4 N–H and O–H groups in total. The Labute approximate surface area is 151 Å². The molecule has 0 radical (unpaired) electrons. The maximum absolute atomic E-state index is 12.0. The number of nitrogens with two attached hydrogens (primary N) is 1. The highest BCUT2D eigenvalue weighted by molar-refractivity contribution is 5.97. The summed E-state index contributed by atoms with van der Waals surface area (Å²) in [4.78, 5) is 23.9. The predicted octanol–water partition coefficient (Wildman–Crippen LogP) is 3.40. The van der Waals surface area contributed by atoms with Gasteiger partial charge in [-0.1, -0.05) is 12.8 Å². The zero-order valence-electron chi connectivity index (χ0n) is 14.9. The molecule has 0 aliphatic rings. The molecule has 2 amide bonds. The van der Waals surface area contributed by atoms with Gasteiger partial charge in [0, 0.05) is 23.7 Å². The van der Waals surface area contributed by atoms with E-state index in [9.17, 15) is 9.59 Å². The fourth-order valence-electron chi connectivity index (χ4n) is 2.34. The van der Waals surface area contributed by atoms with Crippen molar-refractivity contribution in [3.63, 3.8) is 0 Å². The lowest BCUT2D eigenvalue weighted by Crippen LogP contribution is -2.30. The highest BCUT2D eigenvalue weighted by atomic mass is 35.5. The van der Waals surface area contributed by atoms with Crippen molar-refractivity contribution >= 4 is 29.9 Å². The topological polar surface area (TPSA) is 84.2 Å². The Kier molecular flexibility index (Phi) is 11.1. The highest BCUT2D eigenvalue weighted by Gasteiger charge is 2.11. The fourth-order valence-corrected chi connectivity index (χ4v) is 2.34. The minimum Gasteiger partial charge on any atom is -0.350 e. The molecule has 0 fully saturated rings. The molecule has 24 heavy (non-hydrogen) atoms. The van der Waals surface area contributed by atoms with Gasteiger partial charge >= 0.3 is 0 Å².